The van der Waals surface area contributed by atoms with Crippen molar-refractivity contribution in [3.63, 3.8) is 0 Å². The Kier molecular flexibility index (Phi) is 3.36. The molecule has 2 saturated heterocycles. The smallest absolute Gasteiger partial charge is 0.190 e. The van der Waals surface area contributed by atoms with Gasteiger partial charge in [-0.25, -0.2) is 0 Å². The van der Waals surface area contributed by atoms with E-state index in [0.717, 1.165) is 25.7 Å². The minimum Gasteiger partial charge on any atom is -0.387 e. The van der Waals surface area contributed by atoms with Crippen LogP contribution in [-0.2, 0) is 14.2 Å². The molecule has 2 N–H and O–H groups in total. The Bertz CT molecular complexity index is 303. The predicted octanol–water partition coefficient (Wildman–Crippen LogP) is 0.756. The molecule has 0 amide bonds. The van der Waals surface area contributed by atoms with E-state index in [1.807, 2.05) is 0 Å². The van der Waals surface area contributed by atoms with E-state index < -0.39 is 18.2 Å². The van der Waals surface area contributed by atoms with Gasteiger partial charge in [0.05, 0.1) is 0 Å². The van der Waals surface area contributed by atoms with Crippen molar-refractivity contribution in [2.24, 2.45) is 0 Å². The summed E-state index contributed by atoms with van der Waals surface area (Å²) in [6.07, 6.45) is 2.57. The van der Waals surface area contributed by atoms with Crippen molar-refractivity contribution in [3.05, 3.63) is 0 Å². The molecule has 5 heteroatoms. The first-order chi connectivity index (χ1) is 8.60. The van der Waals surface area contributed by atoms with Gasteiger partial charge in [0.25, 0.3) is 0 Å². The Morgan fingerprint density at radius 2 is 2.00 bits per heavy atom. The molecule has 1 saturated carbocycles. The van der Waals surface area contributed by atoms with E-state index in [4.69, 9.17) is 14.2 Å². The number of rotatable bonds is 3. The normalized spacial score (nSPS) is 42.0. The topological polar surface area (TPSA) is 60.0 Å². The van der Waals surface area contributed by atoms with E-state index in [-0.39, 0.29) is 12.2 Å². The molecule has 1 aliphatic carbocycles. The molecule has 4 atom stereocenters. The summed E-state index contributed by atoms with van der Waals surface area (Å²) in [4.78, 5) is 0. The van der Waals surface area contributed by atoms with Crippen LogP contribution in [0.4, 0.5) is 0 Å². The maximum atomic E-state index is 10.2. The lowest BCUT2D eigenvalue weighted by molar-refractivity contribution is -0.229. The Labute approximate surface area is 108 Å². The van der Waals surface area contributed by atoms with Crippen molar-refractivity contribution < 1.29 is 19.3 Å². The van der Waals surface area contributed by atoms with Crippen LogP contribution >= 0.6 is 0 Å². The van der Waals surface area contributed by atoms with Crippen molar-refractivity contribution in [3.8, 4) is 0 Å². The first-order valence-electron chi connectivity index (χ1n) is 7.02. The van der Waals surface area contributed by atoms with Crippen LogP contribution in [0.25, 0.3) is 0 Å². The second kappa shape index (κ2) is 4.72. The summed E-state index contributed by atoms with van der Waals surface area (Å²) < 4.78 is 17.6. The Hall–Kier alpha value is -0.200. The van der Waals surface area contributed by atoms with E-state index in [1.54, 1.807) is 0 Å². The number of nitrogens with one attached hydrogen (secondary N) is 1. The fraction of sp³-hybridized carbons (Fsp3) is 1.00. The first-order valence-corrected chi connectivity index (χ1v) is 7.02. The van der Waals surface area contributed by atoms with Gasteiger partial charge in [-0.1, -0.05) is 13.8 Å². The highest BCUT2D eigenvalue weighted by Gasteiger charge is 2.57. The van der Waals surface area contributed by atoms with Gasteiger partial charge >= 0.3 is 0 Å². The molecule has 1 spiro atoms. The SMILES string of the molecule is CC(C)NC[C@H]1O[C@@H]2OC3(CCCC3)O[C@@H]2[C@H]1O. The summed E-state index contributed by atoms with van der Waals surface area (Å²) in [7, 11) is 0. The Morgan fingerprint density at radius 1 is 1.28 bits per heavy atom. The Morgan fingerprint density at radius 3 is 2.61 bits per heavy atom. The fourth-order valence-corrected chi connectivity index (χ4v) is 3.08. The van der Waals surface area contributed by atoms with Crippen LogP contribution in [0, 0.1) is 0 Å². The van der Waals surface area contributed by atoms with Gasteiger partial charge in [-0.15, -0.1) is 0 Å². The van der Waals surface area contributed by atoms with Gasteiger partial charge in [-0.2, -0.15) is 0 Å². The highest BCUT2D eigenvalue weighted by molar-refractivity contribution is 4.97. The van der Waals surface area contributed by atoms with Crippen LogP contribution in [0.15, 0.2) is 0 Å². The largest absolute Gasteiger partial charge is 0.387 e. The highest BCUT2D eigenvalue weighted by Crippen LogP contribution is 2.45. The summed E-state index contributed by atoms with van der Waals surface area (Å²) in [6, 6.07) is 0.379. The molecular formula is C13H23NO4. The number of fused-ring (bicyclic) bond motifs is 1. The lowest BCUT2D eigenvalue weighted by Gasteiger charge is -2.26. The molecule has 3 fully saturated rings. The van der Waals surface area contributed by atoms with Crippen LogP contribution < -0.4 is 5.32 Å². The van der Waals surface area contributed by atoms with Gasteiger partial charge in [0.15, 0.2) is 12.1 Å². The lowest BCUT2D eigenvalue weighted by Crippen LogP contribution is -2.42. The number of hydrogen-bond donors (Lipinski definition) is 2. The molecule has 3 aliphatic rings. The molecule has 104 valence electrons. The molecule has 5 nitrogen and oxygen atoms in total. The molecule has 2 aliphatic heterocycles. The predicted molar refractivity (Wildman–Crippen MR) is 65.0 cm³/mol. The quantitative estimate of drug-likeness (QED) is 0.781. The van der Waals surface area contributed by atoms with Gasteiger partial charge < -0.3 is 24.6 Å². The monoisotopic (exact) mass is 257 g/mol. The molecule has 0 aromatic carbocycles. The van der Waals surface area contributed by atoms with Crippen LogP contribution in [0.3, 0.4) is 0 Å². The van der Waals surface area contributed by atoms with Gasteiger partial charge in [0.2, 0.25) is 0 Å². The maximum absolute atomic E-state index is 10.2. The zero-order valence-electron chi connectivity index (χ0n) is 11.1. The number of hydrogen-bond acceptors (Lipinski definition) is 5. The fourth-order valence-electron chi connectivity index (χ4n) is 3.08. The van der Waals surface area contributed by atoms with Crippen LogP contribution in [0.2, 0.25) is 0 Å². The third-order valence-corrected chi connectivity index (χ3v) is 4.07. The molecular weight excluding hydrogens is 234 g/mol. The van der Waals surface area contributed by atoms with Gasteiger partial charge in [-0.3, -0.25) is 0 Å². The molecule has 0 aromatic heterocycles. The van der Waals surface area contributed by atoms with E-state index >= 15 is 0 Å². The minimum absolute atomic E-state index is 0.235. The number of aliphatic hydroxyl groups is 1. The third kappa shape index (κ3) is 2.18. The van der Waals surface area contributed by atoms with Crippen LogP contribution in [0.1, 0.15) is 39.5 Å². The van der Waals surface area contributed by atoms with Crippen molar-refractivity contribution in [2.75, 3.05) is 6.54 Å². The van der Waals surface area contributed by atoms with E-state index in [2.05, 4.69) is 19.2 Å². The minimum atomic E-state index is -0.596. The second-order valence-corrected chi connectivity index (χ2v) is 5.91. The molecule has 3 rings (SSSR count). The zero-order valence-corrected chi connectivity index (χ0v) is 11.1. The summed E-state index contributed by atoms with van der Waals surface area (Å²) in [5.74, 6) is -0.466. The van der Waals surface area contributed by atoms with Gasteiger partial charge in [0.1, 0.15) is 18.3 Å². The number of ether oxygens (including phenoxy) is 3. The second-order valence-electron chi connectivity index (χ2n) is 5.91. The van der Waals surface area contributed by atoms with E-state index in [0.29, 0.717) is 12.6 Å². The standard InChI is InChI=1S/C13H23NO4/c1-8(2)14-7-9-10(15)11-12(16-9)18-13(17-11)5-3-4-6-13/h8-12,14-15H,3-7H2,1-2H3/t9-,10+,11-,12-/m1/s1. The molecule has 0 radical (unpaired) electrons. The van der Waals surface area contributed by atoms with E-state index in [1.165, 1.54) is 0 Å². The van der Waals surface area contributed by atoms with Gasteiger partial charge in [-0.05, 0) is 12.8 Å². The first kappa shape index (κ1) is 12.8. The molecule has 0 unspecified atom stereocenters. The average molecular weight is 257 g/mol. The Balaban J connectivity index is 1.59. The third-order valence-electron chi connectivity index (χ3n) is 4.07. The highest BCUT2D eigenvalue weighted by atomic mass is 16.8. The van der Waals surface area contributed by atoms with E-state index in [9.17, 15) is 5.11 Å². The van der Waals surface area contributed by atoms with Crippen molar-refractivity contribution in [2.45, 2.75) is 76.0 Å². The zero-order chi connectivity index (χ0) is 12.8. The average Bonchev–Trinajstić information content (AvgIpc) is 2.97. The maximum Gasteiger partial charge on any atom is 0.190 e. The molecule has 2 heterocycles. The van der Waals surface area contributed by atoms with Crippen molar-refractivity contribution in [1.82, 2.24) is 5.32 Å². The number of aliphatic hydroxyl groups excluding tert-OH is 1. The summed E-state index contributed by atoms with van der Waals surface area (Å²) in [6.45, 7) is 4.77. The molecule has 18 heavy (non-hydrogen) atoms. The van der Waals surface area contributed by atoms with Crippen molar-refractivity contribution >= 4 is 0 Å². The lowest BCUT2D eigenvalue weighted by atomic mass is 10.1. The summed E-state index contributed by atoms with van der Waals surface area (Å²) in [5.41, 5.74) is 0. The van der Waals surface area contributed by atoms with Gasteiger partial charge in [0, 0.05) is 25.4 Å². The molecule has 0 bridgehead atoms. The summed E-state index contributed by atoms with van der Waals surface area (Å²) >= 11 is 0. The van der Waals surface area contributed by atoms with Crippen molar-refractivity contribution in [1.29, 1.82) is 0 Å². The summed E-state index contributed by atoms with van der Waals surface area (Å²) in [5, 5.41) is 13.5. The van der Waals surface area contributed by atoms with Crippen LogP contribution in [0.5, 0.6) is 0 Å². The van der Waals surface area contributed by atoms with Crippen LogP contribution in [-0.4, -0.2) is 48.1 Å². The molecule has 0 aromatic rings.